The number of imidazole rings is 1. The van der Waals surface area contributed by atoms with Gasteiger partial charge < -0.3 is 9.30 Å². The van der Waals surface area contributed by atoms with Crippen molar-refractivity contribution in [1.29, 1.82) is 0 Å². The number of halogens is 4. The quantitative estimate of drug-likeness (QED) is 0.140. The average Bonchev–Trinajstić information content (AvgIpc) is 3.25. The Bertz CT molecular complexity index is 1400. The molecule has 1 fully saturated rings. The summed E-state index contributed by atoms with van der Waals surface area (Å²) < 4.78 is 57.9. The number of alkyl halides is 3. The molecule has 0 atom stereocenters. The first-order valence-corrected chi connectivity index (χ1v) is 12.6. The second-order valence-electron chi connectivity index (χ2n) is 9.50. The summed E-state index contributed by atoms with van der Waals surface area (Å²) in [4.78, 5) is 28.6. The van der Waals surface area contributed by atoms with E-state index in [0.29, 0.717) is 24.8 Å². The van der Waals surface area contributed by atoms with Crippen molar-refractivity contribution in [3.63, 3.8) is 0 Å². The number of carbonyl (C=O) groups is 2. The van der Waals surface area contributed by atoms with Crippen LogP contribution in [-0.2, 0) is 23.1 Å². The lowest BCUT2D eigenvalue weighted by Gasteiger charge is -2.20. The zero-order valence-electron chi connectivity index (χ0n) is 21.6. The topological polar surface area (TPSA) is 61.2 Å². The van der Waals surface area contributed by atoms with Crippen LogP contribution >= 0.6 is 0 Å². The molecule has 1 aromatic heterocycles. The number of rotatable bonds is 7. The molecular formula is C30H28F4N2O3. The molecule has 3 aromatic rings. The Morgan fingerprint density at radius 1 is 1.08 bits per heavy atom. The molecule has 0 saturated heterocycles. The van der Waals surface area contributed by atoms with E-state index in [1.165, 1.54) is 18.2 Å². The summed E-state index contributed by atoms with van der Waals surface area (Å²) in [5.74, 6) is -1.60. The summed E-state index contributed by atoms with van der Waals surface area (Å²) in [5, 5.41) is 0. The van der Waals surface area contributed by atoms with Gasteiger partial charge in [-0.1, -0.05) is 30.4 Å². The Morgan fingerprint density at radius 2 is 1.74 bits per heavy atom. The van der Waals surface area contributed by atoms with Gasteiger partial charge in [-0.25, -0.2) is 9.37 Å². The molecule has 2 aromatic carbocycles. The summed E-state index contributed by atoms with van der Waals surface area (Å²) in [7, 11) is 1.87. The lowest BCUT2D eigenvalue weighted by atomic mass is 9.84. The summed E-state index contributed by atoms with van der Waals surface area (Å²) >= 11 is 0. The Kier molecular flexibility index (Phi) is 8.47. The highest BCUT2D eigenvalue weighted by Crippen LogP contribution is 2.36. The van der Waals surface area contributed by atoms with Gasteiger partial charge >= 0.3 is 6.36 Å². The van der Waals surface area contributed by atoms with Gasteiger partial charge in [0.25, 0.3) is 0 Å². The molecule has 0 unspecified atom stereocenters. The number of Topliss-reactive ketones (excluding diaryl/α,β-unsaturated/α-hetero) is 2. The molecule has 1 aliphatic rings. The van der Waals surface area contributed by atoms with E-state index in [4.69, 9.17) is 0 Å². The van der Waals surface area contributed by atoms with Gasteiger partial charge in [0, 0.05) is 37.2 Å². The van der Waals surface area contributed by atoms with Gasteiger partial charge in [0.05, 0.1) is 12.0 Å². The summed E-state index contributed by atoms with van der Waals surface area (Å²) in [6.07, 6.45) is 4.69. The molecule has 1 aliphatic carbocycles. The lowest BCUT2D eigenvalue weighted by Crippen LogP contribution is -2.16. The van der Waals surface area contributed by atoms with Crippen LogP contribution in [0.5, 0.6) is 5.75 Å². The molecule has 4 rings (SSSR count). The number of aryl methyl sites for hydroxylation is 1. The number of nitrogens with zero attached hydrogens (tertiary/aromatic N) is 2. The van der Waals surface area contributed by atoms with Crippen LogP contribution in [-0.4, -0.2) is 27.5 Å². The smallest absolute Gasteiger partial charge is 0.406 e. The standard InChI is InChI=1S/C30H28F4N2O3/c1-3-23(27-17-36(2)18-35-27)24(20-8-14-28(37)29(38)15-9-20)12-4-19-5-13-26(31)25(16-19)21-6-10-22(11-7-21)39-30(32,33)34/h3,5-7,10-13,16-18,20H,4,8-9,14-15H2,1-2H3/b23-3+,24-12+. The molecule has 1 saturated carbocycles. The second-order valence-corrected chi connectivity index (χ2v) is 9.50. The van der Waals surface area contributed by atoms with Crippen LogP contribution in [0.15, 0.2) is 72.7 Å². The maximum atomic E-state index is 14.7. The number of ketones is 2. The molecule has 1 heterocycles. The van der Waals surface area contributed by atoms with Gasteiger partial charge in [0.2, 0.25) is 0 Å². The van der Waals surface area contributed by atoms with E-state index >= 15 is 0 Å². The third kappa shape index (κ3) is 7.10. The Hall–Kier alpha value is -4.01. The number of hydrogen-bond donors (Lipinski definition) is 0. The lowest BCUT2D eigenvalue weighted by molar-refractivity contribution is -0.274. The minimum Gasteiger partial charge on any atom is -0.406 e. The zero-order chi connectivity index (χ0) is 28.2. The highest BCUT2D eigenvalue weighted by Gasteiger charge is 2.31. The third-order valence-corrected chi connectivity index (χ3v) is 6.76. The maximum absolute atomic E-state index is 14.7. The van der Waals surface area contributed by atoms with Crippen LogP contribution < -0.4 is 4.74 Å². The van der Waals surface area contributed by atoms with E-state index in [1.54, 1.807) is 18.5 Å². The number of aromatic nitrogens is 2. The molecular weight excluding hydrogens is 512 g/mol. The fourth-order valence-electron chi connectivity index (χ4n) is 4.84. The van der Waals surface area contributed by atoms with E-state index in [2.05, 4.69) is 9.72 Å². The van der Waals surface area contributed by atoms with Gasteiger partial charge in [-0.3, -0.25) is 9.59 Å². The predicted octanol–water partition coefficient (Wildman–Crippen LogP) is 7.03. The molecule has 39 heavy (non-hydrogen) atoms. The van der Waals surface area contributed by atoms with E-state index in [1.807, 2.05) is 36.9 Å². The fraction of sp³-hybridized carbons (Fsp3) is 0.300. The van der Waals surface area contributed by atoms with Crippen molar-refractivity contribution < 1.29 is 31.9 Å². The minimum absolute atomic E-state index is 0.0327. The molecule has 0 spiro atoms. The molecule has 204 valence electrons. The first kappa shape index (κ1) is 28.0. The van der Waals surface area contributed by atoms with Gasteiger partial charge in [0.1, 0.15) is 11.6 Å². The SMILES string of the molecule is C/C=C(\C(=C\Cc1ccc(F)c(-c2ccc(OC(F)(F)F)cc2)c1)C1CCC(=O)C(=O)CC1)c1cn(C)cn1. The van der Waals surface area contributed by atoms with Gasteiger partial charge in [-0.2, -0.15) is 0 Å². The van der Waals surface area contributed by atoms with Crippen molar-refractivity contribution in [1.82, 2.24) is 9.55 Å². The predicted molar refractivity (Wildman–Crippen MR) is 139 cm³/mol. The van der Waals surface area contributed by atoms with E-state index in [-0.39, 0.29) is 41.6 Å². The first-order valence-electron chi connectivity index (χ1n) is 12.6. The third-order valence-electron chi connectivity index (χ3n) is 6.76. The van der Waals surface area contributed by atoms with Crippen molar-refractivity contribution in [3.05, 3.63) is 89.8 Å². The van der Waals surface area contributed by atoms with E-state index < -0.39 is 12.2 Å². The molecule has 9 heteroatoms. The molecule has 0 bridgehead atoms. The number of carbonyl (C=O) groups excluding carboxylic acids is 2. The average molecular weight is 541 g/mol. The monoisotopic (exact) mass is 540 g/mol. The van der Waals surface area contributed by atoms with Crippen molar-refractivity contribution in [2.24, 2.45) is 13.0 Å². The number of benzene rings is 2. The Balaban J connectivity index is 1.65. The highest BCUT2D eigenvalue weighted by molar-refractivity contribution is 6.37. The van der Waals surface area contributed by atoms with Crippen LogP contribution in [0.3, 0.4) is 0 Å². The first-order chi connectivity index (χ1) is 18.5. The Labute approximate surface area is 223 Å². The van der Waals surface area contributed by atoms with Crippen LogP contribution in [0.1, 0.15) is 43.9 Å². The van der Waals surface area contributed by atoms with Gasteiger partial charge in [0.15, 0.2) is 11.6 Å². The summed E-state index contributed by atoms with van der Waals surface area (Å²) in [6, 6.07) is 9.70. The van der Waals surface area contributed by atoms with Gasteiger partial charge in [-0.05, 0) is 73.1 Å². The molecule has 0 amide bonds. The molecule has 0 aliphatic heterocycles. The van der Waals surface area contributed by atoms with Crippen LogP contribution in [0.25, 0.3) is 16.7 Å². The van der Waals surface area contributed by atoms with Crippen molar-refractivity contribution in [2.45, 2.75) is 45.4 Å². The number of hydrogen-bond acceptors (Lipinski definition) is 4. The second kappa shape index (κ2) is 11.8. The van der Waals surface area contributed by atoms with Crippen molar-refractivity contribution in [2.75, 3.05) is 0 Å². The van der Waals surface area contributed by atoms with Crippen molar-refractivity contribution >= 4 is 17.1 Å². The van der Waals surface area contributed by atoms with Crippen LogP contribution in [0, 0.1) is 11.7 Å². The van der Waals surface area contributed by atoms with Crippen LogP contribution in [0.4, 0.5) is 17.6 Å². The molecule has 5 nitrogen and oxygen atoms in total. The summed E-state index contributed by atoms with van der Waals surface area (Å²) in [5.41, 5.74) is 4.10. The highest BCUT2D eigenvalue weighted by atomic mass is 19.4. The molecule has 0 radical (unpaired) electrons. The largest absolute Gasteiger partial charge is 0.573 e. The number of ether oxygens (including phenoxy) is 1. The normalized spacial score (nSPS) is 15.9. The minimum atomic E-state index is -4.81. The zero-order valence-corrected chi connectivity index (χ0v) is 21.6. The van der Waals surface area contributed by atoms with Gasteiger partial charge in [-0.15, -0.1) is 13.2 Å². The van der Waals surface area contributed by atoms with E-state index in [9.17, 15) is 27.2 Å². The number of allylic oxidation sites excluding steroid dienone is 4. The fourth-order valence-corrected chi connectivity index (χ4v) is 4.84. The maximum Gasteiger partial charge on any atom is 0.573 e. The summed E-state index contributed by atoms with van der Waals surface area (Å²) in [6.45, 7) is 1.91. The van der Waals surface area contributed by atoms with E-state index in [0.717, 1.165) is 34.5 Å². The van der Waals surface area contributed by atoms with Crippen molar-refractivity contribution in [3.8, 4) is 16.9 Å². The molecule has 0 N–H and O–H groups in total. The van der Waals surface area contributed by atoms with Crippen LogP contribution in [0.2, 0.25) is 0 Å². The Morgan fingerprint density at radius 3 is 2.31 bits per heavy atom.